The fourth-order valence-corrected chi connectivity index (χ4v) is 3.29. The Labute approximate surface area is 168 Å². The minimum Gasteiger partial charge on any atom is -0.490 e. The minimum absolute atomic E-state index is 0.0570. The van der Waals surface area contributed by atoms with E-state index < -0.39 is 16.0 Å². The first kappa shape index (κ1) is 20.5. The molecule has 3 aromatic rings. The van der Waals surface area contributed by atoms with Gasteiger partial charge in [0, 0.05) is 14.1 Å². The SMILES string of the molecule is CN(C)S(=O)(=O)c1ccc(OCCOC(=O)c2ccc(-n3cncn3)cc2)cc1. The lowest BCUT2D eigenvalue weighted by atomic mass is 10.2. The van der Waals surface area contributed by atoms with Crippen molar-refractivity contribution in [1.29, 1.82) is 0 Å². The van der Waals surface area contributed by atoms with E-state index in [1.807, 2.05) is 0 Å². The van der Waals surface area contributed by atoms with Gasteiger partial charge in [0.2, 0.25) is 10.0 Å². The Morgan fingerprint density at radius 1 is 1.03 bits per heavy atom. The number of carbonyl (C=O) groups is 1. The molecule has 0 aliphatic rings. The summed E-state index contributed by atoms with van der Waals surface area (Å²) in [6.45, 7) is 0.198. The first-order valence-electron chi connectivity index (χ1n) is 8.65. The van der Waals surface area contributed by atoms with Gasteiger partial charge in [-0.05, 0) is 48.5 Å². The molecule has 0 unspecified atom stereocenters. The van der Waals surface area contributed by atoms with Crippen LogP contribution in [0, 0.1) is 0 Å². The highest BCUT2D eigenvalue weighted by Gasteiger charge is 2.16. The van der Waals surface area contributed by atoms with Crippen molar-refractivity contribution in [3.05, 3.63) is 66.7 Å². The molecule has 0 spiro atoms. The van der Waals surface area contributed by atoms with Gasteiger partial charge in [-0.15, -0.1) is 0 Å². The number of esters is 1. The van der Waals surface area contributed by atoms with Gasteiger partial charge >= 0.3 is 5.97 Å². The summed E-state index contributed by atoms with van der Waals surface area (Å²) in [5.41, 5.74) is 1.19. The number of hydrogen-bond acceptors (Lipinski definition) is 7. The van der Waals surface area contributed by atoms with Crippen molar-refractivity contribution in [3.8, 4) is 11.4 Å². The Bertz CT molecular complexity index is 1050. The molecular weight excluding hydrogens is 396 g/mol. The molecule has 0 fully saturated rings. The van der Waals surface area contributed by atoms with Gasteiger partial charge in [0.05, 0.1) is 16.1 Å². The van der Waals surface area contributed by atoms with Gasteiger partial charge in [-0.2, -0.15) is 5.10 Å². The molecule has 0 saturated carbocycles. The zero-order valence-corrected chi connectivity index (χ0v) is 16.7. The van der Waals surface area contributed by atoms with Crippen molar-refractivity contribution in [2.24, 2.45) is 0 Å². The summed E-state index contributed by atoms with van der Waals surface area (Å²) in [4.78, 5) is 16.1. The molecule has 152 valence electrons. The van der Waals surface area contributed by atoms with Gasteiger partial charge in [0.15, 0.2) is 0 Å². The number of carbonyl (C=O) groups excluding carboxylic acids is 1. The van der Waals surface area contributed by atoms with Gasteiger partial charge in [-0.1, -0.05) is 0 Å². The number of nitrogens with zero attached hydrogens (tertiary/aromatic N) is 4. The number of sulfonamides is 1. The zero-order chi connectivity index (χ0) is 20.9. The molecule has 0 aliphatic carbocycles. The molecule has 1 heterocycles. The summed E-state index contributed by atoms with van der Waals surface area (Å²) in [5, 5.41) is 4.01. The van der Waals surface area contributed by atoms with E-state index in [0.717, 1.165) is 9.99 Å². The topological polar surface area (TPSA) is 104 Å². The standard InChI is InChI=1S/C19H20N4O5S/c1-22(2)29(25,26)18-9-7-17(8-10-18)27-11-12-28-19(24)15-3-5-16(6-4-15)23-14-20-13-21-23/h3-10,13-14H,11-12H2,1-2H3. The van der Waals surface area contributed by atoms with Crippen molar-refractivity contribution in [2.75, 3.05) is 27.3 Å². The lowest BCUT2D eigenvalue weighted by Gasteiger charge is -2.12. The van der Waals surface area contributed by atoms with Crippen LogP contribution in [0.5, 0.6) is 5.75 Å². The maximum Gasteiger partial charge on any atom is 0.338 e. The Hall–Kier alpha value is -3.24. The third kappa shape index (κ3) is 4.98. The average molecular weight is 416 g/mol. The van der Waals surface area contributed by atoms with E-state index in [2.05, 4.69) is 10.1 Å². The molecule has 29 heavy (non-hydrogen) atoms. The molecule has 0 N–H and O–H groups in total. The largest absolute Gasteiger partial charge is 0.490 e. The van der Waals surface area contributed by atoms with E-state index in [-0.39, 0.29) is 18.1 Å². The number of ether oxygens (including phenoxy) is 2. The van der Waals surface area contributed by atoms with Crippen LogP contribution in [-0.4, -0.2) is 60.8 Å². The third-order valence-corrected chi connectivity index (χ3v) is 5.80. The molecule has 0 saturated heterocycles. The van der Waals surface area contributed by atoms with E-state index in [1.165, 1.54) is 32.6 Å². The number of aromatic nitrogens is 3. The molecule has 0 amide bonds. The average Bonchev–Trinajstić information content (AvgIpc) is 3.26. The summed E-state index contributed by atoms with van der Waals surface area (Å²) in [7, 11) is -0.542. The van der Waals surface area contributed by atoms with E-state index in [1.54, 1.807) is 47.4 Å². The maximum atomic E-state index is 12.1. The minimum atomic E-state index is -3.48. The van der Waals surface area contributed by atoms with Crippen LogP contribution in [0.1, 0.15) is 10.4 Å². The summed E-state index contributed by atoms with van der Waals surface area (Å²) in [6, 6.07) is 12.8. The lowest BCUT2D eigenvalue weighted by Crippen LogP contribution is -2.22. The van der Waals surface area contributed by atoms with E-state index in [0.29, 0.717) is 11.3 Å². The molecule has 3 rings (SSSR count). The molecule has 0 atom stereocenters. The van der Waals surface area contributed by atoms with Crippen molar-refractivity contribution >= 4 is 16.0 Å². The van der Waals surface area contributed by atoms with Crippen LogP contribution in [0.4, 0.5) is 0 Å². The van der Waals surface area contributed by atoms with Crippen molar-refractivity contribution < 1.29 is 22.7 Å². The number of hydrogen-bond donors (Lipinski definition) is 0. The fourth-order valence-electron chi connectivity index (χ4n) is 2.39. The number of rotatable bonds is 8. The van der Waals surface area contributed by atoms with Crippen molar-refractivity contribution in [1.82, 2.24) is 19.1 Å². The maximum absolute atomic E-state index is 12.1. The summed E-state index contributed by atoms with van der Waals surface area (Å²) >= 11 is 0. The summed E-state index contributed by atoms with van der Waals surface area (Å²) in [6.07, 6.45) is 2.99. The Morgan fingerprint density at radius 2 is 1.72 bits per heavy atom. The molecule has 9 nitrogen and oxygen atoms in total. The zero-order valence-electron chi connectivity index (χ0n) is 15.9. The monoisotopic (exact) mass is 416 g/mol. The first-order chi connectivity index (χ1) is 13.9. The van der Waals surface area contributed by atoms with Gasteiger partial charge in [0.25, 0.3) is 0 Å². The molecule has 2 aromatic carbocycles. The fraction of sp³-hybridized carbons (Fsp3) is 0.211. The molecule has 10 heteroatoms. The molecule has 0 radical (unpaired) electrons. The van der Waals surface area contributed by atoms with Gasteiger partial charge in [-0.3, -0.25) is 0 Å². The highest BCUT2D eigenvalue weighted by atomic mass is 32.2. The van der Waals surface area contributed by atoms with Gasteiger partial charge in [0.1, 0.15) is 31.6 Å². The number of benzene rings is 2. The van der Waals surface area contributed by atoms with Crippen LogP contribution >= 0.6 is 0 Å². The van der Waals surface area contributed by atoms with E-state index in [4.69, 9.17) is 9.47 Å². The molecule has 0 aliphatic heterocycles. The van der Waals surface area contributed by atoms with Crippen molar-refractivity contribution in [3.63, 3.8) is 0 Å². The Kier molecular flexibility index (Phi) is 6.25. The highest BCUT2D eigenvalue weighted by molar-refractivity contribution is 7.89. The van der Waals surface area contributed by atoms with Gasteiger partial charge < -0.3 is 9.47 Å². The van der Waals surface area contributed by atoms with Crippen LogP contribution in [0.3, 0.4) is 0 Å². The molecule has 1 aromatic heterocycles. The quantitative estimate of drug-likeness (QED) is 0.407. The predicted octanol–water partition coefficient (Wildman–Crippen LogP) is 1.75. The molecular formula is C19H20N4O5S. The van der Waals surface area contributed by atoms with E-state index >= 15 is 0 Å². The second kappa shape index (κ2) is 8.84. The highest BCUT2D eigenvalue weighted by Crippen LogP contribution is 2.18. The van der Waals surface area contributed by atoms with Crippen LogP contribution < -0.4 is 4.74 Å². The van der Waals surface area contributed by atoms with E-state index in [9.17, 15) is 13.2 Å². The van der Waals surface area contributed by atoms with Crippen LogP contribution in [0.15, 0.2) is 66.1 Å². The lowest BCUT2D eigenvalue weighted by molar-refractivity contribution is 0.0450. The Balaban J connectivity index is 1.47. The van der Waals surface area contributed by atoms with Crippen LogP contribution in [-0.2, 0) is 14.8 Å². The predicted molar refractivity (Wildman–Crippen MR) is 104 cm³/mol. The summed E-state index contributed by atoms with van der Waals surface area (Å²) < 4.78 is 37.4. The van der Waals surface area contributed by atoms with Crippen LogP contribution in [0.25, 0.3) is 5.69 Å². The third-order valence-electron chi connectivity index (χ3n) is 3.97. The second-order valence-corrected chi connectivity index (χ2v) is 8.28. The molecule has 0 bridgehead atoms. The smallest absolute Gasteiger partial charge is 0.338 e. The Morgan fingerprint density at radius 3 is 2.31 bits per heavy atom. The van der Waals surface area contributed by atoms with Gasteiger partial charge in [-0.25, -0.2) is 27.2 Å². The second-order valence-electron chi connectivity index (χ2n) is 6.13. The van der Waals surface area contributed by atoms with Crippen LogP contribution in [0.2, 0.25) is 0 Å². The normalized spacial score (nSPS) is 11.4. The van der Waals surface area contributed by atoms with Crippen molar-refractivity contribution in [2.45, 2.75) is 4.90 Å². The first-order valence-corrected chi connectivity index (χ1v) is 10.1. The summed E-state index contributed by atoms with van der Waals surface area (Å²) in [5.74, 6) is 0.0158.